The van der Waals surface area contributed by atoms with Gasteiger partial charge in [-0.2, -0.15) is 0 Å². The Bertz CT molecular complexity index is 1440. The van der Waals surface area contributed by atoms with E-state index in [2.05, 4.69) is 31.6 Å². The highest BCUT2D eigenvalue weighted by atomic mass is 16.6. The third-order valence-corrected chi connectivity index (χ3v) is 8.11. The smallest absolute Gasteiger partial charge is 0.410 e. The Labute approximate surface area is 273 Å². The predicted octanol–water partition coefficient (Wildman–Crippen LogP) is 2.62. The zero-order chi connectivity index (χ0) is 33.0. The highest BCUT2D eigenvalue weighted by molar-refractivity contribution is 5.71. The van der Waals surface area contributed by atoms with E-state index in [0.717, 1.165) is 37.1 Å². The van der Waals surface area contributed by atoms with Gasteiger partial charge in [0, 0.05) is 38.4 Å². The Kier molecular flexibility index (Phi) is 11.8. The summed E-state index contributed by atoms with van der Waals surface area (Å²) in [6.45, 7) is 3.34. The van der Waals surface area contributed by atoms with Gasteiger partial charge in [-0.15, -0.1) is 5.10 Å². The van der Waals surface area contributed by atoms with Gasteiger partial charge in [-0.25, -0.2) is 19.1 Å². The summed E-state index contributed by atoms with van der Waals surface area (Å²) in [5.41, 5.74) is 8.13. The lowest BCUT2D eigenvalue weighted by atomic mass is 10.1. The number of primary amides is 1. The maximum atomic E-state index is 12.7. The van der Waals surface area contributed by atoms with Crippen molar-refractivity contribution in [1.82, 2.24) is 35.8 Å². The first-order chi connectivity index (χ1) is 22.9. The molecular weight excluding hydrogens is 606 g/mol. The molecule has 47 heavy (non-hydrogen) atoms. The lowest BCUT2D eigenvalue weighted by Gasteiger charge is -2.26. The molecule has 1 aliphatic carbocycles. The summed E-state index contributed by atoms with van der Waals surface area (Å²) >= 11 is 0. The Balaban J connectivity index is 1.20. The fraction of sp³-hybridized carbons (Fsp3) is 0.469. The monoisotopic (exact) mass is 649 g/mol. The minimum Gasteiger partial charge on any atom is -0.445 e. The minimum absolute atomic E-state index is 0.138. The molecular formula is C32H43N9O6. The number of ether oxygens (including phenoxy) is 2. The Morgan fingerprint density at radius 3 is 2.40 bits per heavy atom. The van der Waals surface area contributed by atoms with Crippen LogP contribution >= 0.6 is 0 Å². The van der Waals surface area contributed by atoms with Crippen molar-refractivity contribution in [1.29, 1.82) is 0 Å². The fourth-order valence-electron chi connectivity index (χ4n) is 5.36. The Morgan fingerprint density at radius 2 is 1.70 bits per heavy atom. The van der Waals surface area contributed by atoms with Gasteiger partial charge in [-0.05, 0) is 54.9 Å². The summed E-state index contributed by atoms with van der Waals surface area (Å²) in [5.74, 6) is 0.209. The number of carbonyl (C=O) groups excluding carboxylic acids is 3. The normalized spacial score (nSPS) is 16.4. The molecule has 15 heteroatoms. The largest absolute Gasteiger partial charge is 0.445 e. The summed E-state index contributed by atoms with van der Waals surface area (Å²) in [6.07, 6.45) is 2.58. The number of alkyl carbamates (subject to hydrolysis) is 1. The summed E-state index contributed by atoms with van der Waals surface area (Å²) < 4.78 is 12.5. The first kappa shape index (κ1) is 33.5. The van der Waals surface area contributed by atoms with Crippen LogP contribution in [0.5, 0.6) is 0 Å². The van der Waals surface area contributed by atoms with E-state index in [4.69, 9.17) is 15.2 Å². The molecule has 0 spiro atoms. The molecule has 2 fully saturated rings. The number of nitrogens with zero attached hydrogens (tertiary/aromatic N) is 4. The van der Waals surface area contributed by atoms with E-state index in [1.165, 1.54) is 0 Å². The third kappa shape index (κ3) is 10.3. The molecule has 3 aromatic rings. The number of urea groups is 1. The molecule has 4 amide bonds. The van der Waals surface area contributed by atoms with Crippen LogP contribution in [-0.4, -0.2) is 82.2 Å². The molecule has 0 radical (unpaired) electrons. The van der Waals surface area contributed by atoms with Crippen molar-refractivity contribution < 1.29 is 29.0 Å². The molecule has 2 aliphatic rings. The van der Waals surface area contributed by atoms with Crippen molar-refractivity contribution in [3.63, 3.8) is 0 Å². The van der Waals surface area contributed by atoms with Crippen LogP contribution < -0.4 is 27.0 Å². The quantitative estimate of drug-likeness (QED) is 0.105. The summed E-state index contributed by atoms with van der Waals surface area (Å²) in [4.78, 5) is 37.9. The van der Waals surface area contributed by atoms with Crippen LogP contribution in [0.2, 0.25) is 0 Å². The highest BCUT2D eigenvalue weighted by Gasteiger charge is 2.36. The predicted molar refractivity (Wildman–Crippen MR) is 172 cm³/mol. The molecule has 15 nitrogen and oxygen atoms in total. The Morgan fingerprint density at radius 1 is 1.00 bits per heavy atom. The first-order valence-corrected chi connectivity index (χ1v) is 15.9. The van der Waals surface area contributed by atoms with E-state index >= 15 is 0 Å². The van der Waals surface area contributed by atoms with E-state index in [1.54, 1.807) is 27.9 Å². The topological polar surface area (TPSA) is 198 Å². The highest BCUT2D eigenvalue weighted by Crippen LogP contribution is 2.40. The SMILES string of the molecule is NC(=O)NCCC[C@@H](C(O)Nc1ccc(COC(=O)N2CCNCC2)cc1)n1cc([C@@H](NC(=O)OCc2ccccc2)C2CC2)nn1. The third-order valence-electron chi connectivity index (χ3n) is 8.11. The molecule has 1 unspecified atom stereocenters. The standard InChI is InChI=1S/C32H43N9O6/c33-30(43)35-14-4-7-27(29(42)36-25-12-8-23(9-13-25)21-47-32(45)40-17-15-34-16-18-40)41-19-26(38-39-41)28(24-10-11-24)37-31(44)46-20-22-5-2-1-3-6-22/h1-3,5-6,8-9,12-13,19,24,27-29,34,36,42H,4,7,10-11,14-18,20-21H2,(H,37,44)(H3,33,35,43)/t27-,28-,29?/m0/s1. The molecule has 2 aromatic carbocycles. The lowest BCUT2D eigenvalue weighted by molar-refractivity contribution is 0.0918. The molecule has 7 N–H and O–H groups in total. The number of aliphatic hydroxyl groups is 1. The number of hydrogen-bond donors (Lipinski definition) is 6. The summed E-state index contributed by atoms with van der Waals surface area (Å²) in [6, 6.07) is 15.1. The molecule has 0 bridgehead atoms. The fourth-order valence-corrected chi connectivity index (χ4v) is 5.36. The van der Waals surface area contributed by atoms with Gasteiger partial charge in [0.1, 0.15) is 25.1 Å². The minimum atomic E-state index is -1.09. The molecule has 1 aliphatic heterocycles. The maximum absolute atomic E-state index is 12.7. The molecule has 1 saturated heterocycles. The summed E-state index contributed by atoms with van der Waals surface area (Å²) in [5, 5.41) is 31.8. The second-order valence-corrected chi connectivity index (χ2v) is 11.7. The van der Waals surface area contributed by atoms with Gasteiger partial charge in [0.2, 0.25) is 0 Å². The number of nitrogens with two attached hydrogens (primary N) is 1. The van der Waals surface area contributed by atoms with E-state index in [1.807, 2.05) is 42.5 Å². The van der Waals surface area contributed by atoms with Crippen LogP contribution in [0.4, 0.5) is 20.1 Å². The molecule has 5 rings (SSSR count). The number of amides is 4. The zero-order valence-corrected chi connectivity index (χ0v) is 26.2. The van der Waals surface area contributed by atoms with Gasteiger partial charge in [0.25, 0.3) is 0 Å². The van der Waals surface area contributed by atoms with Crippen molar-refractivity contribution in [3.05, 3.63) is 77.6 Å². The maximum Gasteiger partial charge on any atom is 0.410 e. The van der Waals surface area contributed by atoms with Crippen molar-refractivity contribution in [2.75, 3.05) is 38.0 Å². The second kappa shape index (κ2) is 16.6. The Hall–Kier alpha value is -4.89. The number of piperazine rings is 1. The van der Waals surface area contributed by atoms with Crippen LogP contribution in [0, 0.1) is 5.92 Å². The molecule has 252 valence electrons. The van der Waals surface area contributed by atoms with Crippen LogP contribution in [-0.2, 0) is 22.7 Å². The number of aromatic nitrogens is 3. The van der Waals surface area contributed by atoms with Gasteiger partial charge in [0.05, 0.1) is 18.3 Å². The van der Waals surface area contributed by atoms with Gasteiger partial charge in [0.15, 0.2) is 0 Å². The van der Waals surface area contributed by atoms with E-state index in [-0.39, 0.29) is 31.3 Å². The number of anilines is 1. The number of hydrogen-bond acceptors (Lipinski definition) is 10. The van der Waals surface area contributed by atoms with Gasteiger partial charge in [-0.1, -0.05) is 47.7 Å². The van der Waals surface area contributed by atoms with Crippen molar-refractivity contribution in [2.24, 2.45) is 11.7 Å². The van der Waals surface area contributed by atoms with E-state index in [0.29, 0.717) is 43.9 Å². The van der Waals surface area contributed by atoms with Gasteiger partial charge >= 0.3 is 18.2 Å². The number of aliphatic hydroxyl groups excluding tert-OH is 1. The van der Waals surface area contributed by atoms with Crippen molar-refractivity contribution in [3.8, 4) is 0 Å². The average Bonchev–Trinajstić information content (AvgIpc) is 3.82. The second-order valence-electron chi connectivity index (χ2n) is 11.7. The number of carbonyl (C=O) groups is 3. The van der Waals surface area contributed by atoms with Crippen molar-refractivity contribution in [2.45, 2.75) is 57.2 Å². The average molecular weight is 650 g/mol. The lowest BCUT2D eigenvalue weighted by Crippen LogP contribution is -2.46. The van der Waals surface area contributed by atoms with Crippen LogP contribution in [0.3, 0.4) is 0 Å². The van der Waals surface area contributed by atoms with Crippen LogP contribution in [0.25, 0.3) is 0 Å². The molecule has 2 heterocycles. The molecule has 1 saturated carbocycles. The van der Waals surface area contributed by atoms with E-state index in [9.17, 15) is 19.5 Å². The van der Waals surface area contributed by atoms with Crippen molar-refractivity contribution >= 4 is 23.9 Å². The van der Waals surface area contributed by atoms with Crippen LogP contribution in [0.15, 0.2) is 60.8 Å². The summed E-state index contributed by atoms with van der Waals surface area (Å²) in [7, 11) is 0. The first-order valence-electron chi connectivity index (χ1n) is 15.9. The molecule has 3 atom stereocenters. The van der Waals surface area contributed by atoms with Gasteiger partial charge < -0.3 is 46.5 Å². The number of benzene rings is 2. The number of nitrogens with one attached hydrogen (secondary N) is 4. The number of rotatable bonds is 15. The van der Waals surface area contributed by atoms with E-state index < -0.39 is 24.4 Å². The zero-order valence-electron chi connectivity index (χ0n) is 26.2. The molecule has 1 aromatic heterocycles. The van der Waals surface area contributed by atoms with Crippen LogP contribution in [0.1, 0.15) is 54.6 Å². The van der Waals surface area contributed by atoms with Gasteiger partial charge in [-0.3, -0.25) is 0 Å².